The molecule has 0 aromatic rings. The molecular formula is C5H4Br4INO2. The van der Waals surface area contributed by atoms with E-state index in [1.165, 1.54) is 0 Å². The summed E-state index contributed by atoms with van der Waals surface area (Å²) in [5.41, 5.74) is 0. The van der Waals surface area contributed by atoms with Crippen molar-refractivity contribution >= 4 is 98.4 Å². The summed E-state index contributed by atoms with van der Waals surface area (Å²) in [6, 6.07) is 0. The zero-order valence-corrected chi connectivity index (χ0v) is 14.6. The lowest BCUT2D eigenvalue weighted by Crippen LogP contribution is -2.16. The molecule has 3 nitrogen and oxygen atoms in total. The molecule has 0 aromatic carbocycles. The van der Waals surface area contributed by atoms with E-state index >= 15 is 0 Å². The first-order chi connectivity index (χ1) is 5.72. The van der Waals surface area contributed by atoms with Crippen LogP contribution in [0.3, 0.4) is 0 Å². The van der Waals surface area contributed by atoms with Crippen molar-refractivity contribution in [1.29, 1.82) is 0 Å². The van der Waals surface area contributed by atoms with Gasteiger partial charge in [0.1, 0.15) is 0 Å². The number of hydrogen-bond donors (Lipinski definition) is 0. The van der Waals surface area contributed by atoms with Gasteiger partial charge in [0.2, 0.25) is 11.8 Å². The Hall–Kier alpha value is 1.79. The lowest BCUT2D eigenvalue weighted by molar-refractivity contribution is -0.130. The number of halogens is 5. The van der Waals surface area contributed by atoms with Gasteiger partial charge in [-0.15, -0.1) is 0 Å². The molecule has 13 heavy (non-hydrogen) atoms. The van der Waals surface area contributed by atoms with Gasteiger partial charge in [-0.25, -0.2) is 3.11 Å². The molecule has 0 aromatic heterocycles. The number of rotatable bonds is 0. The van der Waals surface area contributed by atoms with Gasteiger partial charge in [0, 0.05) is 12.8 Å². The molecule has 0 unspecified atom stereocenters. The maximum Gasteiger partial charge on any atom is 0.238 e. The number of carbonyl (C=O) groups excluding carboxylic acids is 2. The largest absolute Gasteiger partial charge is 0.274 e. The summed E-state index contributed by atoms with van der Waals surface area (Å²) < 4.78 is 0.887. The maximum absolute atomic E-state index is 10.5. The molecule has 0 spiro atoms. The Labute approximate surface area is 123 Å². The number of amides is 2. The molecule has 0 bridgehead atoms. The average Bonchev–Trinajstić information content (AvgIpc) is 2.16. The Balaban J connectivity index is 0.000000252. The summed E-state index contributed by atoms with van der Waals surface area (Å²) in [6.07, 6.45) is 0.781. The number of nitrogens with zero attached hydrogens (tertiary/aromatic N) is 1. The third-order valence-electron chi connectivity index (χ3n) is 0.991. The second-order valence-corrected chi connectivity index (χ2v) is 14.1. The van der Waals surface area contributed by atoms with E-state index in [9.17, 15) is 9.59 Å². The highest BCUT2D eigenvalue weighted by Crippen LogP contribution is 2.39. The second-order valence-electron chi connectivity index (χ2n) is 2.00. The van der Waals surface area contributed by atoms with Crippen LogP contribution in [0, 0.1) is 0 Å². The molecular weight excluding hydrogens is 553 g/mol. The number of hydrogen-bond acceptors (Lipinski definition) is 2. The molecule has 1 rings (SSSR count). The minimum Gasteiger partial charge on any atom is -0.274 e. The highest BCUT2D eigenvalue weighted by molar-refractivity contribution is 14.1. The van der Waals surface area contributed by atoms with Gasteiger partial charge in [0.15, 0.2) is 1.05 Å². The number of imide groups is 1. The smallest absolute Gasteiger partial charge is 0.238 e. The van der Waals surface area contributed by atoms with Gasteiger partial charge >= 0.3 is 0 Å². The second kappa shape index (κ2) is 6.39. The van der Waals surface area contributed by atoms with Crippen LogP contribution in [0.15, 0.2) is 0 Å². The predicted molar refractivity (Wildman–Crippen MR) is 73.5 cm³/mol. The highest BCUT2D eigenvalue weighted by Gasteiger charge is 2.26. The average molecular weight is 557 g/mol. The van der Waals surface area contributed by atoms with E-state index in [0.717, 1.165) is 3.11 Å². The summed E-state index contributed by atoms with van der Waals surface area (Å²) >= 11 is 14.2. The lowest BCUT2D eigenvalue weighted by atomic mass is 10.4. The van der Waals surface area contributed by atoms with Gasteiger partial charge in [0.25, 0.3) is 0 Å². The minimum atomic E-state index is -0.250. The van der Waals surface area contributed by atoms with Crippen molar-refractivity contribution in [3.05, 3.63) is 0 Å². The van der Waals surface area contributed by atoms with Gasteiger partial charge in [-0.1, -0.05) is 0 Å². The zero-order valence-electron chi connectivity index (χ0n) is 6.07. The van der Waals surface area contributed by atoms with Gasteiger partial charge < -0.3 is 0 Å². The fourth-order valence-electron chi connectivity index (χ4n) is 0.549. The van der Waals surface area contributed by atoms with Crippen molar-refractivity contribution in [3.63, 3.8) is 0 Å². The van der Waals surface area contributed by atoms with Crippen LogP contribution in [0.1, 0.15) is 12.8 Å². The molecule has 1 heterocycles. The molecule has 0 radical (unpaired) electrons. The van der Waals surface area contributed by atoms with Crippen molar-refractivity contribution in [2.24, 2.45) is 0 Å². The predicted octanol–water partition coefficient (Wildman–Crippen LogP) is 3.66. The zero-order chi connectivity index (χ0) is 10.6. The van der Waals surface area contributed by atoms with Crippen molar-refractivity contribution in [2.45, 2.75) is 13.9 Å². The van der Waals surface area contributed by atoms with E-state index in [1.54, 1.807) is 22.9 Å². The van der Waals surface area contributed by atoms with Crippen LogP contribution in [-0.4, -0.2) is 16.0 Å². The molecule has 1 saturated heterocycles. The Morgan fingerprint density at radius 3 is 1.38 bits per heavy atom. The summed E-state index contributed by atoms with van der Waals surface area (Å²) in [5.74, 6) is -0.147. The topological polar surface area (TPSA) is 37.4 Å². The quantitative estimate of drug-likeness (QED) is 0.198. The summed E-state index contributed by atoms with van der Waals surface area (Å²) in [4.78, 5) is 21.0. The van der Waals surface area contributed by atoms with E-state index in [1.807, 2.05) is 0 Å². The van der Waals surface area contributed by atoms with Crippen molar-refractivity contribution in [1.82, 2.24) is 3.11 Å². The van der Waals surface area contributed by atoms with E-state index in [4.69, 9.17) is 0 Å². The molecule has 0 N–H and O–H groups in total. The Morgan fingerprint density at radius 2 is 1.31 bits per heavy atom. The highest BCUT2D eigenvalue weighted by atomic mass is 127. The van der Waals surface area contributed by atoms with E-state index < -0.39 is 0 Å². The molecule has 1 fully saturated rings. The first kappa shape index (κ1) is 14.8. The summed E-state index contributed by atoms with van der Waals surface area (Å²) in [6.45, 7) is 0. The SMILES string of the molecule is BrC(Br)(Br)Br.O=C1CCC(=O)N1I. The van der Waals surface area contributed by atoms with Gasteiger partial charge in [0.05, 0.1) is 22.9 Å². The van der Waals surface area contributed by atoms with Crippen LogP contribution in [-0.2, 0) is 9.59 Å². The molecule has 8 heteroatoms. The van der Waals surface area contributed by atoms with Crippen LogP contribution in [0.4, 0.5) is 0 Å². The lowest BCUT2D eigenvalue weighted by Gasteiger charge is -1.97. The van der Waals surface area contributed by atoms with E-state index in [-0.39, 0.29) is 12.9 Å². The fourth-order valence-corrected chi connectivity index (χ4v) is 1.03. The van der Waals surface area contributed by atoms with Crippen LogP contribution in [0.25, 0.3) is 0 Å². The van der Waals surface area contributed by atoms with Gasteiger partial charge in [-0.3, -0.25) is 9.59 Å². The Morgan fingerprint density at radius 1 is 1.08 bits per heavy atom. The minimum absolute atomic E-state index is 0.0735. The van der Waals surface area contributed by atoms with Crippen LogP contribution < -0.4 is 0 Å². The van der Waals surface area contributed by atoms with Crippen LogP contribution in [0.5, 0.6) is 0 Å². The van der Waals surface area contributed by atoms with E-state index in [2.05, 4.69) is 63.7 Å². The first-order valence-electron chi connectivity index (χ1n) is 2.99. The summed E-state index contributed by atoms with van der Waals surface area (Å²) in [5, 5.41) is 0. The standard InChI is InChI=1S/C4H4INO2.CBr4/c5-6-3(7)1-2-4(6)8;2-1(3,4)5/h1-2H2;. The van der Waals surface area contributed by atoms with Crippen molar-refractivity contribution in [2.75, 3.05) is 0 Å². The molecule has 2 amide bonds. The Bertz CT molecular complexity index is 195. The van der Waals surface area contributed by atoms with Crippen molar-refractivity contribution in [3.8, 4) is 0 Å². The first-order valence-corrected chi connectivity index (χ1v) is 7.12. The van der Waals surface area contributed by atoms with Crippen LogP contribution in [0.2, 0.25) is 0 Å². The summed E-state index contributed by atoms with van der Waals surface area (Å²) in [7, 11) is 0. The monoisotopic (exact) mass is 553 g/mol. The van der Waals surface area contributed by atoms with E-state index in [0.29, 0.717) is 12.8 Å². The molecule has 1 aliphatic heterocycles. The Kier molecular flexibility index (Phi) is 7.27. The van der Waals surface area contributed by atoms with Gasteiger partial charge in [-0.2, -0.15) is 0 Å². The number of carbonyl (C=O) groups is 2. The molecule has 0 atom stereocenters. The molecule has 1 aliphatic rings. The normalized spacial score (nSPS) is 17.2. The van der Waals surface area contributed by atoms with Crippen molar-refractivity contribution < 1.29 is 9.59 Å². The third kappa shape index (κ3) is 8.76. The maximum atomic E-state index is 10.5. The van der Waals surface area contributed by atoms with Crippen LogP contribution >= 0.6 is 86.6 Å². The third-order valence-corrected chi connectivity index (χ3v) is 2.07. The molecule has 0 aliphatic carbocycles. The number of alkyl halides is 4. The molecule has 0 saturated carbocycles. The van der Waals surface area contributed by atoms with Gasteiger partial charge in [-0.05, 0) is 63.7 Å². The molecule has 76 valence electrons. The fraction of sp³-hybridized carbons (Fsp3) is 0.600.